The highest BCUT2D eigenvalue weighted by Crippen LogP contribution is 2.15. The molecule has 7 nitrogen and oxygen atoms in total. The predicted molar refractivity (Wildman–Crippen MR) is 103 cm³/mol. The monoisotopic (exact) mass is 355 g/mol. The molecule has 0 radical (unpaired) electrons. The van der Waals surface area contributed by atoms with E-state index >= 15 is 0 Å². The van der Waals surface area contributed by atoms with Crippen LogP contribution in [-0.4, -0.2) is 69.8 Å². The molecule has 1 aliphatic heterocycles. The van der Waals surface area contributed by atoms with Gasteiger partial charge in [-0.25, -0.2) is 0 Å². The van der Waals surface area contributed by atoms with E-state index in [1.54, 1.807) is 7.05 Å². The molecule has 0 aliphatic carbocycles. The largest absolute Gasteiger partial charge is 0.381 e. The molecular weight excluding hydrogens is 318 g/mol. The van der Waals surface area contributed by atoms with Gasteiger partial charge in [0.05, 0.1) is 5.92 Å². The van der Waals surface area contributed by atoms with E-state index in [4.69, 9.17) is 10.5 Å². The number of hydrogen-bond donors (Lipinski definition) is 3. The van der Waals surface area contributed by atoms with Crippen LogP contribution >= 0.6 is 0 Å². The van der Waals surface area contributed by atoms with Crippen LogP contribution in [0.1, 0.15) is 45.4 Å². The number of unbranched alkanes of at least 4 members (excludes halogenated alkanes) is 1. The third-order valence-electron chi connectivity index (χ3n) is 4.48. The Labute approximate surface area is 152 Å². The lowest BCUT2D eigenvalue weighted by molar-refractivity contribution is -0.123. The van der Waals surface area contributed by atoms with Crippen LogP contribution in [0.25, 0.3) is 0 Å². The van der Waals surface area contributed by atoms with Crippen molar-refractivity contribution in [3.05, 3.63) is 0 Å². The minimum absolute atomic E-state index is 0.0238. The lowest BCUT2D eigenvalue weighted by atomic mass is 9.97. The van der Waals surface area contributed by atoms with Gasteiger partial charge >= 0.3 is 0 Å². The van der Waals surface area contributed by atoms with E-state index in [9.17, 15) is 4.79 Å². The summed E-state index contributed by atoms with van der Waals surface area (Å²) in [7, 11) is 1.79. The molecule has 0 spiro atoms. The number of carbonyl (C=O) groups excluding carboxylic acids is 1. The minimum atomic E-state index is -0.161. The smallest absolute Gasteiger partial charge is 0.221 e. The van der Waals surface area contributed by atoms with Crippen molar-refractivity contribution in [3.8, 4) is 0 Å². The van der Waals surface area contributed by atoms with Crippen LogP contribution in [0.2, 0.25) is 0 Å². The molecule has 146 valence electrons. The van der Waals surface area contributed by atoms with E-state index in [0.717, 1.165) is 84.0 Å². The normalized spacial score (nSPS) is 19.0. The molecular formula is C18H37N5O2. The van der Waals surface area contributed by atoms with Crippen molar-refractivity contribution in [1.29, 1.82) is 0 Å². The van der Waals surface area contributed by atoms with Gasteiger partial charge in [0.25, 0.3) is 0 Å². The summed E-state index contributed by atoms with van der Waals surface area (Å²) in [5, 5.41) is 6.64. The molecule has 0 aromatic rings. The fourth-order valence-corrected chi connectivity index (χ4v) is 2.95. The van der Waals surface area contributed by atoms with Crippen molar-refractivity contribution >= 4 is 11.9 Å². The fraction of sp³-hybridized carbons (Fsp3) is 0.889. The Morgan fingerprint density at radius 3 is 2.64 bits per heavy atom. The molecule has 7 heteroatoms. The van der Waals surface area contributed by atoms with Crippen molar-refractivity contribution in [2.45, 2.75) is 45.4 Å². The van der Waals surface area contributed by atoms with Crippen molar-refractivity contribution in [2.24, 2.45) is 16.6 Å². The van der Waals surface area contributed by atoms with Gasteiger partial charge < -0.3 is 26.0 Å². The van der Waals surface area contributed by atoms with Gasteiger partial charge in [0, 0.05) is 39.9 Å². The number of rotatable bonds is 12. The zero-order valence-corrected chi connectivity index (χ0v) is 16.1. The molecule has 0 saturated carbocycles. The maximum absolute atomic E-state index is 11.3. The van der Waals surface area contributed by atoms with Crippen LogP contribution in [0, 0.1) is 5.92 Å². The summed E-state index contributed by atoms with van der Waals surface area (Å²) in [6.07, 6.45) is 6.30. The SMILES string of the molecule is CCCCOCCCNC(=NC)NCCCN1CCCC(C(N)=O)C1. The molecule has 4 N–H and O–H groups in total. The Morgan fingerprint density at radius 2 is 1.96 bits per heavy atom. The first-order valence-corrected chi connectivity index (χ1v) is 9.71. The van der Waals surface area contributed by atoms with Gasteiger partial charge in [-0.3, -0.25) is 9.79 Å². The van der Waals surface area contributed by atoms with Crippen molar-refractivity contribution in [2.75, 3.05) is 53.0 Å². The van der Waals surface area contributed by atoms with Gasteiger partial charge in [0.15, 0.2) is 5.96 Å². The lowest BCUT2D eigenvalue weighted by Crippen LogP contribution is -2.43. The van der Waals surface area contributed by atoms with Crippen molar-refractivity contribution in [1.82, 2.24) is 15.5 Å². The topological polar surface area (TPSA) is 92.0 Å². The molecule has 1 unspecified atom stereocenters. The number of ether oxygens (including phenoxy) is 1. The minimum Gasteiger partial charge on any atom is -0.381 e. The molecule has 1 heterocycles. The third-order valence-corrected chi connectivity index (χ3v) is 4.48. The average Bonchev–Trinajstić information content (AvgIpc) is 2.62. The number of piperidine rings is 1. The molecule has 25 heavy (non-hydrogen) atoms. The highest BCUT2D eigenvalue weighted by Gasteiger charge is 2.23. The second-order valence-corrected chi connectivity index (χ2v) is 6.64. The van der Waals surface area contributed by atoms with E-state index in [1.807, 2.05) is 0 Å². The first-order chi connectivity index (χ1) is 12.2. The molecule has 1 amide bonds. The first kappa shape index (κ1) is 21.7. The maximum Gasteiger partial charge on any atom is 0.221 e. The molecule has 1 fully saturated rings. The standard InChI is InChI=1S/C18H37N5O2/c1-3-4-13-25-14-7-10-22-18(20-2)21-9-6-12-23-11-5-8-16(15-23)17(19)24/h16H,3-15H2,1-2H3,(H2,19,24)(H2,20,21,22). The Morgan fingerprint density at radius 1 is 1.24 bits per heavy atom. The van der Waals surface area contributed by atoms with Gasteiger partial charge in [-0.2, -0.15) is 0 Å². The summed E-state index contributed by atoms with van der Waals surface area (Å²) in [6.45, 7) is 8.40. The van der Waals surface area contributed by atoms with E-state index < -0.39 is 0 Å². The zero-order chi connectivity index (χ0) is 18.3. The summed E-state index contributed by atoms with van der Waals surface area (Å²) in [5.74, 6) is 0.698. The second-order valence-electron chi connectivity index (χ2n) is 6.64. The maximum atomic E-state index is 11.3. The third kappa shape index (κ3) is 10.3. The average molecular weight is 356 g/mol. The van der Waals surface area contributed by atoms with E-state index in [-0.39, 0.29) is 11.8 Å². The van der Waals surface area contributed by atoms with Gasteiger partial charge in [0.1, 0.15) is 0 Å². The van der Waals surface area contributed by atoms with Crippen molar-refractivity contribution < 1.29 is 9.53 Å². The zero-order valence-electron chi connectivity index (χ0n) is 16.1. The number of carbonyl (C=O) groups is 1. The molecule has 1 aliphatic rings. The number of hydrogen-bond acceptors (Lipinski definition) is 4. The van der Waals surface area contributed by atoms with E-state index in [2.05, 4.69) is 27.4 Å². The molecule has 1 atom stereocenters. The highest BCUT2D eigenvalue weighted by atomic mass is 16.5. The van der Waals surface area contributed by atoms with Gasteiger partial charge in [-0.05, 0) is 45.2 Å². The van der Waals surface area contributed by atoms with E-state index in [0.29, 0.717) is 0 Å². The lowest BCUT2D eigenvalue weighted by Gasteiger charge is -2.31. The molecule has 0 bridgehead atoms. The summed E-state index contributed by atoms with van der Waals surface area (Å²) in [5.41, 5.74) is 5.42. The van der Waals surface area contributed by atoms with Crippen LogP contribution in [0.4, 0.5) is 0 Å². The molecule has 0 aromatic heterocycles. The summed E-state index contributed by atoms with van der Waals surface area (Å²) in [4.78, 5) is 17.9. The van der Waals surface area contributed by atoms with Crippen LogP contribution in [0.3, 0.4) is 0 Å². The van der Waals surface area contributed by atoms with Gasteiger partial charge in [0.2, 0.25) is 5.91 Å². The summed E-state index contributed by atoms with van der Waals surface area (Å²) >= 11 is 0. The number of aliphatic imine (C=N–C) groups is 1. The second kappa shape index (κ2) is 13.9. The highest BCUT2D eigenvalue weighted by molar-refractivity contribution is 5.79. The predicted octanol–water partition coefficient (Wildman–Crippen LogP) is 0.946. The number of nitrogens with one attached hydrogen (secondary N) is 2. The quantitative estimate of drug-likeness (QED) is 0.275. The Hall–Kier alpha value is -1.34. The van der Waals surface area contributed by atoms with Gasteiger partial charge in [-0.15, -0.1) is 0 Å². The van der Waals surface area contributed by atoms with Crippen molar-refractivity contribution in [3.63, 3.8) is 0 Å². The molecule has 1 saturated heterocycles. The Balaban J connectivity index is 2.04. The summed E-state index contributed by atoms with van der Waals surface area (Å²) in [6, 6.07) is 0. The van der Waals surface area contributed by atoms with Crippen LogP contribution < -0.4 is 16.4 Å². The van der Waals surface area contributed by atoms with Gasteiger partial charge in [-0.1, -0.05) is 13.3 Å². The molecule has 0 aromatic carbocycles. The van der Waals surface area contributed by atoms with Crippen LogP contribution in [-0.2, 0) is 9.53 Å². The summed E-state index contributed by atoms with van der Waals surface area (Å²) < 4.78 is 5.54. The fourth-order valence-electron chi connectivity index (χ4n) is 2.95. The number of primary amides is 1. The molecule has 1 rings (SSSR count). The number of guanidine groups is 1. The Kier molecular flexibility index (Phi) is 12.1. The van der Waals surface area contributed by atoms with Crippen LogP contribution in [0.5, 0.6) is 0 Å². The Bertz CT molecular complexity index is 390. The number of likely N-dealkylation sites (tertiary alicyclic amines) is 1. The van der Waals surface area contributed by atoms with E-state index in [1.165, 1.54) is 6.42 Å². The number of nitrogens with two attached hydrogens (primary N) is 1. The van der Waals surface area contributed by atoms with Crippen LogP contribution in [0.15, 0.2) is 4.99 Å². The number of nitrogens with zero attached hydrogens (tertiary/aromatic N) is 2. The first-order valence-electron chi connectivity index (χ1n) is 9.71. The number of amides is 1.